The standard InChI is InChI=1S/C17H29N3O/c1-17(2,3)13-20(4)10-6-9-16(21)19-15-8-5-7-14(11-15)12-18/h5,7-8,11H,6,9-10,12-13,18H2,1-4H3,(H,19,21). The highest BCUT2D eigenvalue weighted by atomic mass is 16.1. The third-order valence-corrected chi connectivity index (χ3v) is 3.13. The van der Waals surface area contributed by atoms with E-state index in [-0.39, 0.29) is 5.91 Å². The molecule has 1 aromatic rings. The summed E-state index contributed by atoms with van der Waals surface area (Å²) in [5.74, 6) is 0.0633. The van der Waals surface area contributed by atoms with Crippen LogP contribution in [0.25, 0.3) is 0 Å². The maximum absolute atomic E-state index is 11.9. The smallest absolute Gasteiger partial charge is 0.224 e. The van der Waals surface area contributed by atoms with Gasteiger partial charge in [-0.2, -0.15) is 0 Å². The number of benzene rings is 1. The van der Waals surface area contributed by atoms with Gasteiger partial charge in [0.25, 0.3) is 0 Å². The molecule has 0 aromatic heterocycles. The molecule has 0 saturated heterocycles. The molecule has 0 unspecified atom stereocenters. The second kappa shape index (κ2) is 8.15. The van der Waals surface area contributed by atoms with Gasteiger partial charge in [0.1, 0.15) is 0 Å². The first-order valence-electron chi connectivity index (χ1n) is 7.57. The molecule has 1 aromatic carbocycles. The van der Waals surface area contributed by atoms with Crippen LogP contribution in [0, 0.1) is 5.41 Å². The van der Waals surface area contributed by atoms with E-state index >= 15 is 0 Å². The number of anilines is 1. The summed E-state index contributed by atoms with van der Waals surface area (Å²) in [6.45, 7) is 9.13. The van der Waals surface area contributed by atoms with Gasteiger partial charge in [0.2, 0.25) is 5.91 Å². The van der Waals surface area contributed by atoms with E-state index in [1.807, 2.05) is 24.3 Å². The maximum atomic E-state index is 11.9. The quantitative estimate of drug-likeness (QED) is 0.812. The maximum Gasteiger partial charge on any atom is 0.224 e. The van der Waals surface area contributed by atoms with Gasteiger partial charge in [-0.05, 0) is 43.1 Å². The summed E-state index contributed by atoms with van der Waals surface area (Å²) in [5.41, 5.74) is 7.74. The lowest BCUT2D eigenvalue weighted by Crippen LogP contribution is -2.30. The molecule has 0 saturated carbocycles. The van der Waals surface area contributed by atoms with Crippen LogP contribution < -0.4 is 11.1 Å². The lowest BCUT2D eigenvalue weighted by Gasteiger charge is -2.26. The topological polar surface area (TPSA) is 58.4 Å². The van der Waals surface area contributed by atoms with Gasteiger partial charge in [-0.3, -0.25) is 4.79 Å². The van der Waals surface area contributed by atoms with Crippen molar-refractivity contribution in [1.29, 1.82) is 0 Å². The molecule has 0 aliphatic heterocycles. The predicted molar refractivity (Wildman–Crippen MR) is 89.1 cm³/mol. The van der Waals surface area contributed by atoms with Gasteiger partial charge in [0.15, 0.2) is 0 Å². The molecule has 4 heteroatoms. The number of hydrogen-bond donors (Lipinski definition) is 2. The molecule has 1 rings (SSSR count). The number of amides is 1. The molecular weight excluding hydrogens is 262 g/mol. The zero-order valence-corrected chi connectivity index (χ0v) is 13.8. The van der Waals surface area contributed by atoms with Crippen molar-refractivity contribution < 1.29 is 4.79 Å². The minimum absolute atomic E-state index is 0.0633. The van der Waals surface area contributed by atoms with Crippen LogP contribution >= 0.6 is 0 Å². The van der Waals surface area contributed by atoms with E-state index in [0.29, 0.717) is 18.4 Å². The summed E-state index contributed by atoms with van der Waals surface area (Å²) in [6.07, 6.45) is 1.41. The second-order valence-corrected chi connectivity index (χ2v) is 6.85. The Balaban J connectivity index is 2.31. The highest BCUT2D eigenvalue weighted by molar-refractivity contribution is 5.90. The first-order chi connectivity index (χ1) is 9.80. The molecule has 0 atom stereocenters. The monoisotopic (exact) mass is 291 g/mol. The Hall–Kier alpha value is -1.39. The number of rotatable bonds is 7. The molecule has 0 fully saturated rings. The molecule has 0 bridgehead atoms. The SMILES string of the molecule is CN(CCCC(=O)Nc1cccc(CN)c1)CC(C)(C)C. The zero-order chi connectivity index (χ0) is 15.9. The van der Waals surface area contributed by atoms with Crippen LogP contribution in [-0.4, -0.2) is 30.9 Å². The van der Waals surface area contributed by atoms with Crippen LogP contribution in [0.4, 0.5) is 5.69 Å². The highest BCUT2D eigenvalue weighted by Gasteiger charge is 2.13. The summed E-state index contributed by atoms with van der Waals surface area (Å²) in [6, 6.07) is 7.68. The number of nitrogens with two attached hydrogens (primary N) is 1. The molecule has 0 radical (unpaired) electrons. The minimum atomic E-state index is 0.0633. The molecule has 118 valence electrons. The van der Waals surface area contributed by atoms with E-state index in [1.54, 1.807) is 0 Å². The van der Waals surface area contributed by atoms with Gasteiger partial charge < -0.3 is 16.0 Å². The van der Waals surface area contributed by atoms with Crippen molar-refractivity contribution in [2.75, 3.05) is 25.5 Å². The van der Waals surface area contributed by atoms with Crippen LogP contribution in [-0.2, 0) is 11.3 Å². The summed E-state index contributed by atoms with van der Waals surface area (Å²) in [4.78, 5) is 14.2. The van der Waals surface area contributed by atoms with E-state index in [1.165, 1.54) is 0 Å². The van der Waals surface area contributed by atoms with Gasteiger partial charge >= 0.3 is 0 Å². The summed E-state index contributed by atoms with van der Waals surface area (Å²) in [7, 11) is 2.11. The fourth-order valence-electron chi connectivity index (χ4n) is 2.40. The van der Waals surface area contributed by atoms with Crippen molar-refractivity contribution in [3.63, 3.8) is 0 Å². The first kappa shape index (κ1) is 17.7. The fraction of sp³-hybridized carbons (Fsp3) is 0.588. The van der Waals surface area contributed by atoms with Crippen LogP contribution in [0.1, 0.15) is 39.2 Å². The second-order valence-electron chi connectivity index (χ2n) is 6.85. The fourth-order valence-corrected chi connectivity index (χ4v) is 2.40. The predicted octanol–water partition coefficient (Wildman–Crippen LogP) is 2.84. The summed E-state index contributed by atoms with van der Waals surface area (Å²) < 4.78 is 0. The largest absolute Gasteiger partial charge is 0.326 e. The van der Waals surface area contributed by atoms with Gasteiger partial charge in [-0.25, -0.2) is 0 Å². The number of nitrogens with zero attached hydrogens (tertiary/aromatic N) is 1. The van der Waals surface area contributed by atoms with Gasteiger partial charge in [-0.15, -0.1) is 0 Å². The van der Waals surface area contributed by atoms with E-state index in [0.717, 1.165) is 30.8 Å². The minimum Gasteiger partial charge on any atom is -0.326 e. The Bertz CT molecular complexity index is 452. The van der Waals surface area contributed by atoms with Crippen LogP contribution in [0.15, 0.2) is 24.3 Å². The van der Waals surface area contributed by atoms with E-state index in [2.05, 4.69) is 38.0 Å². The molecule has 1 amide bonds. The average Bonchev–Trinajstić information content (AvgIpc) is 2.36. The summed E-state index contributed by atoms with van der Waals surface area (Å²) in [5, 5.41) is 2.93. The molecule has 0 heterocycles. The Kier molecular flexibility index (Phi) is 6.85. The molecule has 0 spiro atoms. The number of hydrogen-bond acceptors (Lipinski definition) is 3. The van der Waals surface area contributed by atoms with Crippen LogP contribution in [0.2, 0.25) is 0 Å². The van der Waals surface area contributed by atoms with Crippen molar-refractivity contribution >= 4 is 11.6 Å². The zero-order valence-electron chi connectivity index (χ0n) is 13.8. The van der Waals surface area contributed by atoms with Crippen molar-refractivity contribution in [2.24, 2.45) is 11.1 Å². The van der Waals surface area contributed by atoms with Crippen molar-refractivity contribution in [3.8, 4) is 0 Å². The molecule has 4 nitrogen and oxygen atoms in total. The van der Waals surface area contributed by atoms with Crippen molar-refractivity contribution in [2.45, 2.75) is 40.2 Å². The number of nitrogens with one attached hydrogen (secondary N) is 1. The Morgan fingerprint density at radius 2 is 2.05 bits per heavy atom. The Morgan fingerprint density at radius 1 is 1.33 bits per heavy atom. The van der Waals surface area contributed by atoms with Crippen molar-refractivity contribution in [1.82, 2.24) is 4.90 Å². The van der Waals surface area contributed by atoms with Crippen LogP contribution in [0.3, 0.4) is 0 Å². The van der Waals surface area contributed by atoms with E-state index in [4.69, 9.17) is 5.73 Å². The third kappa shape index (κ3) is 7.83. The lowest BCUT2D eigenvalue weighted by atomic mass is 9.96. The van der Waals surface area contributed by atoms with Crippen LogP contribution in [0.5, 0.6) is 0 Å². The molecule has 3 N–H and O–H groups in total. The first-order valence-corrected chi connectivity index (χ1v) is 7.57. The molecular formula is C17H29N3O. The summed E-state index contributed by atoms with van der Waals surface area (Å²) >= 11 is 0. The van der Waals surface area contributed by atoms with Gasteiger partial charge in [-0.1, -0.05) is 32.9 Å². The molecule has 21 heavy (non-hydrogen) atoms. The normalized spacial score (nSPS) is 11.7. The lowest BCUT2D eigenvalue weighted by molar-refractivity contribution is -0.116. The van der Waals surface area contributed by atoms with E-state index < -0.39 is 0 Å². The molecule has 0 aliphatic rings. The van der Waals surface area contributed by atoms with Crippen molar-refractivity contribution in [3.05, 3.63) is 29.8 Å². The molecule has 0 aliphatic carbocycles. The average molecular weight is 291 g/mol. The van der Waals surface area contributed by atoms with Gasteiger partial charge in [0, 0.05) is 25.2 Å². The Labute approximate surface area is 128 Å². The van der Waals surface area contributed by atoms with Gasteiger partial charge in [0.05, 0.1) is 0 Å². The number of carbonyl (C=O) groups excluding carboxylic acids is 1. The highest BCUT2D eigenvalue weighted by Crippen LogP contribution is 2.14. The Morgan fingerprint density at radius 3 is 2.67 bits per heavy atom. The number of carbonyl (C=O) groups is 1. The third-order valence-electron chi connectivity index (χ3n) is 3.13. The van der Waals surface area contributed by atoms with E-state index in [9.17, 15) is 4.79 Å².